The number of benzene rings is 1. The Morgan fingerprint density at radius 2 is 1.85 bits per heavy atom. The Hall–Kier alpha value is -1.58. The first kappa shape index (κ1) is 20.2. The van der Waals surface area contributed by atoms with Crippen LogP contribution >= 0.6 is 11.8 Å². The number of likely N-dealkylation sites (tertiary alicyclic amines) is 1. The maximum absolute atomic E-state index is 12.5. The number of hydrogen-bond acceptors (Lipinski definition) is 6. The van der Waals surface area contributed by atoms with Crippen LogP contribution in [0.4, 0.5) is 0 Å². The van der Waals surface area contributed by atoms with Crippen molar-refractivity contribution in [3.8, 4) is 0 Å². The van der Waals surface area contributed by atoms with Crippen molar-refractivity contribution >= 4 is 38.8 Å². The van der Waals surface area contributed by atoms with Gasteiger partial charge in [0, 0.05) is 27.2 Å². The second-order valence-corrected chi connectivity index (χ2v) is 9.91. The third kappa shape index (κ3) is 4.83. The molecule has 2 aromatic rings. The van der Waals surface area contributed by atoms with E-state index in [0.717, 1.165) is 30.2 Å². The fourth-order valence-corrected chi connectivity index (χ4v) is 4.69. The lowest BCUT2D eigenvalue weighted by Gasteiger charge is -2.24. The number of nitrogens with zero attached hydrogens (tertiary/aromatic N) is 3. The summed E-state index contributed by atoms with van der Waals surface area (Å²) < 4.78 is 31.3. The van der Waals surface area contributed by atoms with Crippen LogP contribution in [0.3, 0.4) is 0 Å². The van der Waals surface area contributed by atoms with Gasteiger partial charge in [-0.25, -0.2) is 17.7 Å². The molecule has 0 spiro atoms. The summed E-state index contributed by atoms with van der Waals surface area (Å²) >= 11 is 1.25. The van der Waals surface area contributed by atoms with Crippen LogP contribution in [0.5, 0.6) is 0 Å². The molecule has 0 aliphatic carbocycles. The number of amides is 1. The molecular weight excluding hydrogens is 386 g/mol. The number of oxazole rings is 1. The van der Waals surface area contributed by atoms with Crippen molar-refractivity contribution in [1.82, 2.24) is 14.2 Å². The molecule has 1 aliphatic rings. The molecule has 7 nitrogen and oxygen atoms in total. The number of thioether (sulfide) groups is 1. The number of hydrogen-bond donors (Lipinski definition) is 0. The molecule has 0 radical (unpaired) electrons. The predicted molar refractivity (Wildman–Crippen MR) is 105 cm³/mol. The summed E-state index contributed by atoms with van der Waals surface area (Å²) in [6.45, 7) is 1.64. The third-order valence-corrected chi connectivity index (χ3v) is 7.27. The fourth-order valence-electron chi connectivity index (χ4n) is 3.03. The second kappa shape index (κ2) is 8.62. The first-order valence-corrected chi connectivity index (χ1v) is 11.5. The van der Waals surface area contributed by atoms with Crippen LogP contribution in [0.2, 0.25) is 0 Å². The van der Waals surface area contributed by atoms with E-state index in [-0.39, 0.29) is 16.6 Å². The van der Waals surface area contributed by atoms with Crippen molar-refractivity contribution in [2.45, 2.75) is 42.2 Å². The quantitative estimate of drug-likeness (QED) is 0.704. The highest BCUT2D eigenvalue weighted by Crippen LogP contribution is 2.26. The van der Waals surface area contributed by atoms with Gasteiger partial charge < -0.3 is 9.32 Å². The maximum atomic E-state index is 12.5. The standard InChI is InChI=1S/C18H25N3O4S2/c1-20(2)27(23,24)14-8-9-16-15(12-14)19-18(25-16)26-13-17(22)21-10-6-4-3-5-7-11-21/h8-9,12H,3-7,10-11,13H2,1-2H3. The molecule has 3 rings (SSSR count). The van der Waals surface area contributed by atoms with Gasteiger partial charge in [-0.2, -0.15) is 0 Å². The highest BCUT2D eigenvalue weighted by atomic mass is 32.2. The summed E-state index contributed by atoms with van der Waals surface area (Å²) in [6, 6.07) is 4.60. The van der Waals surface area contributed by atoms with Crippen LogP contribution < -0.4 is 0 Å². The molecule has 2 heterocycles. The first-order valence-electron chi connectivity index (χ1n) is 9.11. The zero-order valence-electron chi connectivity index (χ0n) is 15.7. The van der Waals surface area contributed by atoms with Crippen molar-refractivity contribution < 1.29 is 17.6 Å². The van der Waals surface area contributed by atoms with E-state index in [9.17, 15) is 13.2 Å². The Kier molecular flexibility index (Phi) is 6.44. The number of aromatic nitrogens is 1. The SMILES string of the molecule is CN(C)S(=O)(=O)c1ccc2oc(SCC(=O)N3CCCCCCC3)nc2c1. The minimum Gasteiger partial charge on any atom is -0.431 e. The predicted octanol–water partition coefficient (Wildman–Crippen LogP) is 2.96. The summed E-state index contributed by atoms with van der Waals surface area (Å²) in [4.78, 5) is 18.9. The highest BCUT2D eigenvalue weighted by Gasteiger charge is 2.20. The van der Waals surface area contributed by atoms with Gasteiger partial charge in [-0.05, 0) is 31.0 Å². The zero-order chi connectivity index (χ0) is 19.4. The Bertz CT molecular complexity index is 900. The van der Waals surface area contributed by atoms with E-state index < -0.39 is 10.0 Å². The zero-order valence-corrected chi connectivity index (χ0v) is 17.3. The number of carbonyl (C=O) groups is 1. The van der Waals surface area contributed by atoms with Crippen LogP contribution in [-0.2, 0) is 14.8 Å². The normalized spacial score (nSPS) is 16.5. The fraction of sp³-hybridized carbons (Fsp3) is 0.556. The van der Waals surface area contributed by atoms with Crippen molar-refractivity contribution in [1.29, 1.82) is 0 Å². The van der Waals surface area contributed by atoms with E-state index in [1.165, 1.54) is 57.3 Å². The van der Waals surface area contributed by atoms with E-state index in [1.54, 1.807) is 6.07 Å². The first-order chi connectivity index (χ1) is 12.9. The van der Waals surface area contributed by atoms with Crippen LogP contribution in [0.15, 0.2) is 32.7 Å². The number of rotatable bonds is 5. The van der Waals surface area contributed by atoms with Crippen molar-refractivity contribution in [3.63, 3.8) is 0 Å². The summed E-state index contributed by atoms with van der Waals surface area (Å²) in [5, 5.41) is 0.379. The lowest BCUT2D eigenvalue weighted by molar-refractivity contribution is -0.128. The molecule has 0 unspecified atom stereocenters. The van der Waals surface area contributed by atoms with Gasteiger partial charge in [-0.1, -0.05) is 31.0 Å². The minimum absolute atomic E-state index is 0.0973. The lowest BCUT2D eigenvalue weighted by Crippen LogP contribution is -2.35. The van der Waals surface area contributed by atoms with Crippen LogP contribution in [0, 0.1) is 0 Å². The third-order valence-electron chi connectivity index (χ3n) is 4.65. The molecule has 1 fully saturated rings. The Morgan fingerprint density at radius 3 is 2.52 bits per heavy atom. The molecule has 1 aromatic heterocycles. The average molecular weight is 412 g/mol. The van der Waals surface area contributed by atoms with Gasteiger partial charge in [0.1, 0.15) is 5.52 Å². The number of sulfonamides is 1. The van der Waals surface area contributed by atoms with E-state index in [1.807, 2.05) is 4.90 Å². The van der Waals surface area contributed by atoms with Crippen LogP contribution in [-0.4, -0.2) is 61.5 Å². The summed E-state index contributed by atoms with van der Waals surface area (Å²) in [5.41, 5.74) is 0.980. The second-order valence-electron chi connectivity index (χ2n) is 6.83. The maximum Gasteiger partial charge on any atom is 0.257 e. The van der Waals surface area contributed by atoms with Gasteiger partial charge in [-0.15, -0.1) is 0 Å². The van der Waals surface area contributed by atoms with Gasteiger partial charge in [0.2, 0.25) is 15.9 Å². The summed E-state index contributed by atoms with van der Waals surface area (Å²) in [5.74, 6) is 0.371. The molecule has 148 valence electrons. The molecule has 1 amide bonds. The topological polar surface area (TPSA) is 83.7 Å². The van der Waals surface area contributed by atoms with Crippen LogP contribution in [0.1, 0.15) is 32.1 Å². The molecular formula is C18H25N3O4S2. The van der Waals surface area contributed by atoms with E-state index in [2.05, 4.69) is 4.98 Å². The van der Waals surface area contributed by atoms with Gasteiger partial charge in [0.25, 0.3) is 5.22 Å². The van der Waals surface area contributed by atoms with Crippen molar-refractivity contribution in [2.24, 2.45) is 0 Å². The summed E-state index contributed by atoms with van der Waals surface area (Å²) in [6.07, 6.45) is 5.73. The molecule has 0 N–H and O–H groups in total. The average Bonchev–Trinajstić information content (AvgIpc) is 3.01. The lowest BCUT2D eigenvalue weighted by atomic mass is 10.1. The van der Waals surface area contributed by atoms with Crippen molar-refractivity contribution in [2.75, 3.05) is 32.9 Å². The van der Waals surface area contributed by atoms with E-state index in [0.29, 0.717) is 16.3 Å². The number of carbonyl (C=O) groups excluding carboxylic acids is 1. The molecule has 1 aliphatic heterocycles. The largest absolute Gasteiger partial charge is 0.431 e. The Labute approximate surface area is 164 Å². The molecule has 9 heteroatoms. The monoisotopic (exact) mass is 411 g/mol. The van der Waals surface area contributed by atoms with Gasteiger partial charge in [0.05, 0.1) is 10.6 Å². The smallest absolute Gasteiger partial charge is 0.257 e. The van der Waals surface area contributed by atoms with Crippen molar-refractivity contribution in [3.05, 3.63) is 18.2 Å². The summed E-state index contributed by atoms with van der Waals surface area (Å²) in [7, 11) is -0.549. The highest BCUT2D eigenvalue weighted by molar-refractivity contribution is 7.99. The van der Waals surface area contributed by atoms with Gasteiger partial charge >= 0.3 is 0 Å². The number of fused-ring (bicyclic) bond motifs is 1. The van der Waals surface area contributed by atoms with Crippen LogP contribution in [0.25, 0.3) is 11.1 Å². The Morgan fingerprint density at radius 1 is 1.19 bits per heavy atom. The molecule has 0 saturated carbocycles. The van der Waals surface area contributed by atoms with E-state index >= 15 is 0 Å². The van der Waals surface area contributed by atoms with Gasteiger partial charge in [-0.3, -0.25) is 4.79 Å². The minimum atomic E-state index is -3.52. The molecule has 1 saturated heterocycles. The molecule has 27 heavy (non-hydrogen) atoms. The Balaban J connectivity index is 1.67. The molecule has 1 aromatic carbocycles. The van der Waals surface area contributed by atoms with Gasteiger partial charge in [0.15, 0.2) is 5.58 Å². The van der Waals surface area contributed by atoms with E-state index in [4.69, 9.17) is 4.42 Å². The molecule has 0 atom stereocenters. The molecule has 0 bridgehead atoms.